The minimum atomic E-state index is 0.804. The molecular weight excluding hydrogens is 250 g/mol. The topological polar surface area (TPSA) is 43.9 Å². The molecule has 0 saturated heterocycles. The predicted molar refractivity (Wildman–Crippen MR) is 76.6 cm³/mol. The van der Waals surface area contributed by atoms with E-state index in [2.05, 4.69) is 22.2 Å². The van der Waals surface area contributed by atoms with Crippen molar-refractivity contribution in [3.8, 4) is 16.8 Å². The Labute approximate surface area is 115 Å². The summed E-state index contributed by atoms with van der Waals surface area (Å²) in [5, 5.41) is 4.22. The smallest absolute Gasteiger partial charge is 0.182 e. The van der Waals surface area contributed by atoms with E-state index < -0.39 is 0 Å². The maximum atomic E-state index is 5.34. The lowest BCUT2D eigenvalue weighted by atomic mass is 10.0. The molecule has 0 N–H and O–H groups in total. The van der Waals surface area contributed by atoms with Crippen LogP contribution in [0.25, 0.3) is 27.9 Å². The standard InChI is InChI=1S/C16H11N3O/c1-3-14(16-15(4-1)20-11-17-16)12-5-7-13(8-6-12)19-10-2-9-18-19/h1-11H. The molecule has 4 heteroatoms. The van der Waals surface area contributed by atoms with Gasteiger partial charge in [0.15, 0.2) is 12.0 Å². The highest BCUT2D eigenvalue weighted by Crippen LogP contribution is 2.28. The zero-order valence-electron chi connectivity index (χ0n) is 10.6. The maximum absolute atomic E-state index is 5.34. The molecule has 4 nitrogen and oxygen atoms in total. The van der Waals surface area contributed by atoms with Gasteiger partial charge in [-0.1, -0.05) is 24.3 Å². The van der Waals surface area contributed by atoms with E-state index in [4.69, 9.17) is 4.42 Å². The normalized spacial score (nSPS) is 11.0. The Morgan fingerprint density at radius 2 is 1.85 bits per heavy atom. The number of oxazole rings is 1. The fraction of sp³-hybridized carbons (Fsp3) is 0. The van der Waals surface area contributed by atoms with Crippen molar-refractivity contribution >= 4 is 11.1 Å². The summed E-state index contributed by atoms with van der Waals surface area (Å²) in [5.74, 6) is 0. The van der Waals surface area contributed by atoms with E-state index in [-0.39, 0.29) is 0 Å². The van der Waals surface area contributed by atoms with Gasteiger partial charge in [-0.3, -0.25) is 0 Å². The molecular formula is C16H11N3O. The second-order valence-electron chi connectivity index (χ2n) is 4.50. The van der Waals surface area contributed by atoms with Crippen molar-refractivity contribution in [2.45, 2.75) is 0 Å². The van der Waals surface area contributed by atoms with E-state index in [0.29, 0.717) is 0 Å². The second-order valence-corrected chi connectivity index (χ2v) is 4.50. The highest BCUT2D eigenvalue weighted by molar-refractivity contribution is 5.90. The average molecular weight is 261 g/mol. The molecule has 0 fully saturated rings. The third-order valence-electron chi connectivity index (χ3n) is 3.31. The van der Waals surface area contributed by atoms with Crippen molar-refractivity contribution in [1.29, 1.82) is 0 Å². The number of hydrogen-bond acceptors (Lipinski definition) is 3. The van der Waals surface area contributed by atoms with Gasteiger partial charge in [0.25, 0.3) is 0 Å². The number of fused-ring (bicyclic) bond motifs is 1. The summed E-state index contributed by atoms with van der Waals surface area (Å²) < 4.78 is 7.17. The lowest BCUT2D eigenvalue weighted by Gasteiger charge is -2.05. The lowest BCUT2D eigenvalue weighted by Crippen LogP contribution is -1.93. The Hall–Kier alpha value is -2.88. The average Bonchev–Trinajstić information content (AvgIpc) is 3.18. The van der Waals surface area contributed by atoms with Gasteiger partial charge in [-0.15, -0.1) is 0 Å². The first-order valence-electron chi connectivity index (χ1n) is 6.34. The van der Waals surface area contributed by atoms with Gasteiger partial charge in [-0.2, -0.15) is 5.10 Å². The van der Waals surface area contributed by atoms with Gasteiger partial charge in [0, 0.05) is 18.0 Å². The fourth-order valence-corrected chi connectivity index (χ4v) is 2.33. The zero-order valence-corrected chi connectivity index (χ0v) is 10.6. The van der Waals surface area contributed by atoms with E-state index in [9.17, 15) is 0 Å². The molecule has 4 aromatic rings. The molecule has 0 unspecified atom stereocenters. The van der Waals surface area contributed by atoms with E-state index in [1.807, 2.05) is 47.3 Å². The number of nitrogens with zero attached hydrogens (tertiary/aromatic N) is 3. The van der Waals surface area contributed by atoms with Crippen LogP contribution >= 0.6 is 0 Å². The summed E-state index contributed by atoms with van der Waals surface area (Å²) in [7, 11) is 0. The number of aromatic nitrogens is 3. The summed E-state index contributed by atoms with van der Waals surface area (Å²) in [5.41, 5.74) is 4.91. The lowest BCUT2D eigenvalue weighted by molar-refractivity contribution is 0.602. The first kappa shape index (κ1) is 11.0. The van der Waals surface area contributed by atoms with Crippen molar-refractivity contribution < 1.29 is 4.42 Å². The maximum Gasteiger partial charge on any atom is 0.182 e. The largest absolute Gasteiger partial charge is 0.443 e. The molecule has 2 heterocycles. The minimum absolute atomic E-state index is 0.804. The van der Waals surface area contributed by atoms with E-state index in [1.54, 1.807) is 6.20 Å². The van der Waals surface area contributed by atoms with Crippen LogP contribution in [0, 0.1) is 0 Å². The van der Waals surface area contributed by atoms with Gasteiger partial charge < -0.3 is 4.42 Å². The fourth-order valence-electron chi connectivity index (χ4n) is 2.33. The van der Waals surface area contributed by atoms with Crippen LogP contribution in [-0.4, -0.2) is 14.8 Å². The molecule has 0 aliphatic carbocycles. The zero-order chi connectivity index (χ0) is 13.4. The van der Waals surface area contributed by atoms with Crippen molar-refractivity contribution in [2.75, 3.05) is 0 Å². The number of benzene rings is 2. The molecule has 2 aromatic carbocycles. The van der Waals surface area contributed by atoms with Gasteiger partial charge in [-0.25, -0.2) is 9.67 Å². The van der Waals surface area contributed by atoms with Gasteiger partial charge in [0.2, 0.25) is 0 Å². The molecule has 0 aliphatic heterocycles. The highest BCUT2D eigenvalue weighted by atomic mass is 16.3. The van der Waals surface area contributed by atoms with Crippen molar-refractivity contribution in [3.05, 3.63) is 67.3 Å². The third kappa shape index (κ3) is 1.70. The van der Waals surface area contributed by atoms with Gasteiger partial charge >= 0.3 is 0 Å². The van der Waals surface area contributed by atoms with Crippen LogP contribution in [0.15, 0.2) is 71.7 Å². The molecule has 96 valence electrons. The van der Waals surface area contributed by atoms with Crippen LogP contribution in [0.3, 0.4) is 0 Å². The van der Waals surface area contributed by atoms with Crippen molar-refractivity contribution in [3.63, 3.8) is 0 Å². The second kappa shape index (κ2) is 4.35. The Morgan fingerprint density at radius 3 is 2.65 bits per heavy atom. The predicted octanol–water partition coefficient (Wildman–Crippen LogP) is 3.68. The molecule has 4 rings (SSSR count). The minimum Gasteiger partial charge on any atom is -0.443 e. The molecule has 2 aromatic heterocycles. The Morgan fingerprint density at radius 1 is 0.950 bits per heavy atom. The molecule has 20 heavy (non-hydrogen) atoms. The number of para-hydroxylation sites is 1. The van der Waals surface area contributed by atoms with Crippen molar-refractivity contribution in [2.24, 2.45) is 0 Å². The molecule has 0 amide bonds. The van der Waals surface area contributed by atoms with Gasteiger partial charge in [-0.05, 0) is 29.8 Å². The Kier molecular flexibility index (Phi) is 2.39. The van der Waals surface area contributed by atoms with Crippen LogP contribution in [0.4, 0.5) is 0 Å². The van der Waals surface area contributed by atoms with Crippen LogP contribution in [-0.2, 0) is 0 Å². The monoisotopic (exact) mass is 261 g/mol. The van der Waals surface area contributed by atoms with E-state index in [1.165, 1.54) is 6.39 Å². The van der Waals surface area contributed by atoms with Gasteiger partial charge in [0.1, 0.15) is 5.52 Å². The van der Waals surface area contributed by atoms with Gasteiger partial charge in [0.05, 0.1) is 5.69 Å². The molecule has 0 radical (unpaired) electrons. The first-order chi connectivity index (χ1) is 9.92. The van der Waals surface area contributed by atoms with Crippen LogP contribution in [0.2, 0.25) is 0 Å². The summed E-state index contributed by atoms with van der Waals surface area (Å²) >= 11 is 0. The highest BCUT2D eigenvalue weighted by Gasteiger charge is 2.07. The molecule has 0 spiro atoms. The van der Waals surface area contributed by atoms with E-state index in [0.717, 1.165) is 27.9 Å². The summed E-state index contributed by atoms with van der Waals surface area (Å²) in [6.45, 7) is 0. The summed E-state index contributed by atoms with van der Waals surface area (Å²) in [6, 6.07) is 16.1. The molecule has 0 saturated carbocycles. The SMILES string of the molecule is c1cc(-c2ccc(-n3cccn3)cc2)c2ncoc2c1. The number of rotatable bonds is 2. The Bertz CT molecular complexity index is 845. The molecule has 0 aliphatic rings. The van der Waals surface area contributed by atoms with Crippen molar-refractivity contribution in [1.82, 2.24) is 14.8 Å². The first-order valence-corrected chi connectivity index (χ1v) is 6.34. The Balaban J connectivity index is 1.81. The molecule has 0 bridgehead atoms. The van der Waals surface area contributed by atoms with Crippen LogP contribution in [0.1, 0.15) is 0 Å². The number of hydrogen-bond donors (Lipinski definition) is 0. The quantitative estimate of drug-likeness (QED) is 0.553. The van der Waals surface area contributed by atoms with Crippen LogP contribution < -0.4 is 0 Å². The molecule has 0 atom stereocenters. The summed E-state index contributed by atoms with van der Waals surface area (Å²) in [6.07, 6.45) is 5.17. The van der Waals surface area contributed by atoms with Crippen LogP contribution in [0.5, 0.6) is 0 Å². The summed E-state index contributed by atoms with van der Waals surface area (Å²) in [4.78, 5) is 4.28. The third-order valence-corrected chi connectivity index (χ3v) is 3.31. The van der Waals surface area contributed by atoms with E-state index >= 15 is 0 Å².